The molecular weight excluding hydrogens is 472 g/mol. The SMILES string of the molecule is CC(=O)c1cccc(-c2ccc3cnc(CNC(=O)c4ccc5c(c4)[C@](C)(C#N)CC4=C([CH]4)C5)cc3n2)c1.[HH]. The molecule has 2 aromatic carbocycles. The van der Waals surface area contributed by atoms with Crippen LogP contribution in [0.15, 0.2) is 78.0 Å². The number of nitriles is 1. The molecule has 0 aliphatic heterocycles. The summed E-state index contributed by atoms with van der Waals surface area (Å²) in [4.78, 5) is 34.1. The number of allylic oxidation sites excluding steroid dienone is 2. The van der Waals surface area contributed by atoms with Gasteiger partial charge in [-0.05, 0) is 74.2 Å². The van der Waals surface area contributed by atoms with E-state index in [9.17, 15) is 14.9 Å². The Labute approximate surface area is 222 Å². The molecule has 0 saturated carbocycles. The Kier molecular flexibility index (Phi) is 5.65. The van der Waals surface area contributed by atoms with Crippen LogP contribution >= 0.6 is 0 Å². The topological polar surface area (TPSA) is 95.7 Å². The number of rotatable bonds is 5. The van der Waals surface area contributed by atoms with Crippen LogP contribution < -0.4 is 5.32 Å². The normalized spacial score (nSPS) is 17.7. The number of hydrogen-bond acceptors (Lipinski definition) is 5. The molecular formula is C32H27N4O2. The quantitative estimate of drug-likeness (QED) is 0.344. The summed E-state index contributed by atoms with van der Waals surface area (Å²) in [6, 6.07) is 21.3. The first-order valence-corrected chi connectivity index (χ1v) is 12.6. The van der Waals surface area contributed by atoms with Crippen LogP contribution in [0.2, 0.25) is 0 Å². The number of carbonyl (C=O) groups is 2. The number of benzene rings is 2. The molecule has 0 saturated heterocycles. The van der Waals surface area contributed by atoms with Gasteiger partial charge in [0, 0.05) is 36.1 Å². The third-order valence-corrected chi connectivity index (χ3v) is 7.44. The highest BCUT2D eigenvalue weighted by atomic mass is 16.1. The summed E-state index contributed by atoms with van der Waals surface area (Å²) in [5, 5.41) is 13.8. The second kappa shape index (κ2) is 9.04. The molecule has 38 heavy (non-hydrogen) atoms. The number of amides is 1. The highest BCUT2D eigenvalue weighted by Crippen LogP contribution is 2.47. The van der Waals surface area contributed by atoms with Crippen LogP contribution in [0.25, 0.3) is 22.2 Å². The summed E-state index contributed by atoms with van der Waals surface area (Å²) in [5.41, 5.74) is 8.22. The van der Waals surface area contributed by atoms with Crippen LogP contribution in [-0.4, -0.2) is 21.7 Å². The van der Waals surface area contributed by atoms with Gasteiger partial charge in [0.25, 0.3) is 5.91 Å². The summed E-state index contributed by atoms with van der Waals surface area (Å²) in [6.07, 6.45) is 5.42. The van der Waals surface area contributed by atoms with Crippen molar-refractivity contribution in [1.82, 2.24) is 15.3 Å². The lowest BCUT2D eigenvalue weighted by atomic mass is 9.77. The number of pyridine rings is 2. The van der Waals surface area contributed by atoms with E-state index in [-0.39, 0.29) is 19.7 Å². The molecule has 0 fully saturated rings. The second-order valence-electron chi connectivity index (χ2n) is 10.2. The number of nitrogens with zero attached hydrogens (tertiary/aromatic N) is 3. The van der Waals surface area contributed by atoms with E-state index in [4.69, 9.17) is 4.98 Å². The zero-order valence-electron chi connectivity index (χ0n) is 21.2. The Morgan fingerprint density at radius 1 is 1.08 bits per heavy atom. The monoisotopic (exact) mass is 499 g/mol. The molecule has 2 aliphatic carbocycles. The van der Waals surface area contributed by atoms with Gasteiger partial charge in [0.1, 0.15) is 0 Å². The Hall–Kier alpha value is -4.63. The van der Waals surface area contributed by atoms with Crippen molar-refractivity contribution in [3.05, 3.63) is 112 Å². The van der Waals surface area contributed by atoms with Crippen molar-refractivity contribution in [3.8, 4) is 17.3 Å². The van der Waals surface area contributed by atoms with Crippen molar-refractivity contribution >= 4 is 22.6 Å². The molecule has 0 bridgehead atoms. The molecule has 2 aromatic heterocycles. The molecule has 2 heterocycles. The zero-order chi connectivity index (χ0) is 26.4. The van der Waals surface area contributed by atoms with E-state index in [1.165, 1.54) is 11.1 Å². The lowest BCUT2D eigenvalue weighted by Gasteiger charge is -2.24. The maximum atomic E-state index is 13.1. The summed E-state index contributed by atoms with van der Waals surface area (Å²) in [5.74, 6) is -0.200. The maximum absolute atomic E-state index is 13.1. The summed E-state index contributed by atoms with van der Waals surface area (Å²) in [6.45, 7) is 3.75. The molecule has 6 rings (SSSR count). The van der Waals surface area contributed by atoms with Gasteiger partial charge in [-0.2, -0.15) is 5.26 Å². The molecule has 2 aliphatic rings. The Bertz CT molecular complexity index is 1740. The molecule has 6 nitrogen and oxygen atoms in total. The van der Waals surface area contributed by atoms with E-state index in [1.54, 1.807) is 19.2 Å². The van der Waals surface area contributed by atoms with E-state index >= 15 is 0 Å². The predicted octanol–water partition coefficient (Wildman–Crippen LogP) is 5.92. The first kappa shape index (κ1) is 23.7. The number of fused-ring (bicyclic) bond motifs is 2. The lowest BCUT2D eigenvalue weighted by molar-refractivity contribution is 0.0949. The highest BCUT2D eigenvalue weighted by molar-refractivity contribution is 5.95. The fraction of sp³-hybridized carbons (Fsp3) is 0.188. The van der Waals surface area contributed by atoms with Gasteiger partial charge in [-0.1, -0.05) is 35.4 Å². The fourth-order valence-corrected chi connectivity index (χ4v) is 5.16. The summed E-state index contributed by atoms with van der Waals surface area (Å²) >= 11 is 0. The van der Waals surface area contributed by atoms with Gasteiger partial charge in [0.05, 0.1) is 34.9 Å². The average Bonchev–Trinajstić information content (AvgIpc) is 3.68. The minimum absolute atomic E-state index is 0. The second-order valence-corrected chi connectivity index (χ2v) is 10.2. The first-order valence-electron chi connectivity index (χ1n) is 12.6. The van der Waals surface area contributed by atoms with Crippen LogP contribution in [0.4, 0.5) is 0 Å². The minimum Gasteiger partial charge on any atom is -0.346 e. The van der Waals surface area contributed by atoms with Gasteiger partial charge in [0.2, 0.25) is 0 Å². The molecule has 1 N–H and O–H groups in total. The van der Waals surface area contributed by atoms with E-state index in [0.717, 1.165) is 39.7 Å². The first-order chi connectivity index (χ1) is 18.3. The summed E-state index contributed by atoms with van der Waals surface area (Å²) in [7, 11) is 0. The Morgan fingerprint density at radius 2 is 1.95 bits per heavy atom. The molecule has 1 amide bonds. The number of aromatic nitrogens is 2. The molecule has 6 heteroatoms. The van der Waals surface area contributed by atoms with E-state index in [0.29, 0.717) is 23.2 Å². The summed E-state index contributed by atoms with van der Waals surface area (Å²) < 4.78 is 0. The van der Waals surface area contributed by atoms with Gasteiger partial charge >= 0.3 is 0 Å². The van der Waals surface area contributed by atoms with Crippen molar-refractivity contribution in [2.24, 2.45) is 0 Å². The Morgan fingerprint density at radius 3 is 2.76 bits per heavy atom. The van der Waals surface area contributed by atoms with E-state index < -0.39 is 5.41 Å². The molecule has 187 valence electrons. The fourth-order valence-electron chi connectivity index (χ4n) is 5.16. The van der Waals surface area contributed by atoms with Crippen molar-refractivity contribution in [2.75, 3.05) is 0 Å². The van der Waals surface area contributed by atoms with Crippen LogP contribution in [0, 0.1) is 17.8 Å². The average molecular weight is 500 g/mol. The largest absolute Gasteiger partial charge is 0.346 e. The smallest absolute Gasteiger partial charge is 0.251 e. The number of Topliss-reactive ketones (excluding diaryl/α,β-unsaturated/α-hetero) is 1. The van der Waals surface area contributed by atoms with Gasteiger partial charge in [-0.3, -0.25) is 14.6 Å². The van der Waals surface area contributed by atoms with Crippen molar-refractivity contribution in [2.45, 2.75) is 38.6 Å². The van der Waals surface area contributed by atoms with E-state index in [2.05, 4.69) is 22.8 Å². The van der Waals surface area contributed by atoms with Crippen LogP contribution in [0.5, 0.6) is 0 Å². The van der Waals surface area contributed by atoms with Crippen molar-refractivity contribution < 1.29 is 11.0 Å². The van der Waals surface area contributed by atoms with Gasteiger partial charge < -0.3 is 5.32 Å². The maximum Gasteiger partial charge on any atom is 0.251 e. The van der Waals surface area contributed by atoms with Crippen molar-refractivity contribution in [3.63, 3.8) is 0 Å². The third kappa shape index (κ3) is 4.37. The van der Waals surface area contributed by atoms with Gasteiger partial charge in [-0.25, -0.2) is 4.98 Å². The molecule has 4 aromatic rings. The van der Waals surface area contributed by atoms with Gasteiger partial charge in [0.15, 0.2) is 5.78 Å². The van der Waals surface area contributed by atoms with Crippen LogP contribution in [0.1, 0.15) is 59.2 Å². The number of carbonyl (C=O) groups excluding carboxylic acids is 2. The Balaban J connectivity index is 0.00000308. The predicted molar refractivity (Wildman–Crippen MR) is 147 cm³/mol. The number of ketones is 1. The molecule has 1 atom stereocenters. The molecule has 0 spiro atoms. The molecule has 1 radical (unpaired) electrons. The highest BCUT2D eigenvalue weighted by Gasteiger charge is 2.39. The minimum atomic E-state index is -0.650. The number of nitrogens with one attached hydrogen (secondary N) is 1. The third-order valence-electron chi connectivity index (χ3n) is 7.44. The van der Waals surface area contributed by atoms with Crippen LogP contribution in [0.3, 0.4) is 0 Å². The zero-order valence-corrected chi connectivity index (χ0v) is 21.2. The molecule has 0 unspecified atom stereocenters. The number of hydrogen-bond donors (Lipinski definition) is 1. The standard InChI is InChI=1S/C32H25N4O2.H2/c1-19(37)20-4-3-5-22(10-20)29-9-8-24-16-34-27(14-30(24)36-29)17-35-31(38)23-7-6-21-11-25-12-26(25)15-32(2,18-33)28(21)13-23;/h3-10,12-14,16H,11,15,17H2,1-2H3,(H,35,38);1H/t32-;/m0./s1. The van der Waals surface area contributed by atoms with Gasteiger partial charge in [-0.15, -0.1) is 0 Å². The van der Waals surface area contributed by atoms with Crippen molar-refractivity contribution in [1.29, 1.82) is 5.26 Å². The lowest BCUT2D eigenvalue weighted by Crippen LogP contribution is -2.25. The van der Waals surface area contributed by atoms with Crippen LogP contribution in [-0.2, 0) is 18.4 Å². The van der Waals surface area contributed by atoms with E-state index in [1.807, 2.05) is 61.5 Å².